The Balaban J connectivity index is 1.32. The van der Waals surface area contributed by atoms with E-state index in [1.165, 1.54) is 0 Å². The zero-order valence-corrected chi connectivity index (χ0v) is 18.7. The SMILES string of the molecule is COc1cccc(CNC(=O)C2(C)CCCN(C(=O)NC3COc4ccccc4C3)C2)c1. The van der Waals surface area contributed by atoms with Crippen molar-refractivity contribution in [2.75, 3.05) is 26.8 Å². The zero-order chi connectivity index (χ0) is 22.6. The molecule has 0 bridgehead atoms. The second kappa shape index (κ2) is 9.51. The monoisotopic (exact) mass is 437 g/mol. The Morgan fingerprint density at radius 3 is 2.91 bits per heavy atom. The summed E-state index contributed by atoms with van der Waals surface area (Å²) in [6.07, 6.45) is 2.29. The van der Waals surface area contributed by atoms with Crippen LogP contribution in [0.15, 0.2) is 48.5 Å². The lowest BCUT2D eigenvalue weighted by Gasteiger charge is -2.40. The molecule has 7 heteroatoms. The number of carbonyl (C=O) groups is 2. The maximum absolute atomic E-state index is 13.0. The molecule has 3 amide bonds. The van der Waals surface area contributed by atoms with Gasteiger partial charge in [0.2, 0.25) is 5.91 Å². The van der Waals surface area contributed by atoms with Crippen molar-refractivity contribution >= 4 is 11.9 Å². The Labute approximate surface area is 189 Å². The normalized spacial score (nSPS) is 22.3. The van der Waals surface area contributed by atoms with E-state index in [1.807, 2.05) is 55.5 Å². The molecule has 0 saturated carbocycles. The number of likely N-dealkylation sites (tertiary alicyclic amines) is 1. The van der Waals surface area contributed by atoms with Gasteiger partial charge in [0.15, 0.2) is 0 Å². The standard InChI is InChI=1S/C25H31N3O4/c1-25(23(29)26-15-18-7-5-9-21(13-18)31-2)11-6-12-28(17-25)24(30)27-20-14-19-8-3-4-10-22(19)32-16-20/h3-5,7-10,13,20H,6,11-12,14-17H2,1-2H3,(H,26,29)(H,27,30). The topological polar surface area (TPSA) is 79.9 Å². The average molecular weight is 438 g/mol. The van der Waals surface area contributed by atoms with E-state index in [0.717, 1.165) is 41.9 Å². The molecule has 2 aliphatic rings. The number of para-hydroxylation sites is 1. The highest BCUT2D eigenvalue weighted by atomic mass is 16.5. The van der Waals surface area contributed by atoms with E-state index in [-0.39, 0.29) is 18.0 Å². The first-order chi connectivity index (χ1) is 15.5. The van der Waals surface area contributed by atoms with E-state index in [9.17, 15) is 9.59 Å². The van der Waals surface area contributed by atoms with Crippen LogP contribution in [0.4, 0.5) is 4.79 Å². The van der Waals surface area contributed by atoms with Crippen LogP contribution in [0.5, 0.6) is 11.5 Å². The van der Waals surface area contributed by atoms with Gasteiger partial charge in [0.05, 0.1) is 18.6 Å². The average Bonchev–Trinajstić information content (AvgIpc) is 2.82. The lowest BCUT2D eigenvalue weighted by atomic mass is 9.81. The van der Waals surface area contributed by atoms with Crippen molar-refractivity contribution in [2.45, 2.75) is 38.8 Å². The van der Waals surface area contributed by atoms with Crippen molar-refractivity contribution in [3.05, 3.63) is 59.7 Å². The third-order valence-corrected chi connectivity index (χ3v) is 6.33. The highest BCUT2D eigenvalue weighted by Gasteiger charge is 2.39. The van der Waals surface area contributed by atoms with Gasteiger partial charge in [0.1, 0.15) is 18.1 Å². The minimum Gasteiger partial charge on any atom is -0.497 e. The summed E-state index contributed by atoms with van der Waals surface area (Å²) in [5.41, 5.74) is 1.46. The summed E-state index contributed by atoms with van der Waals surface area (Å²) < 4.78 is 11.0. The predicted molar refractivity (Wildman–Crippen MR) is 122 cm³/mol. The number of ether oxygens (including phenoxy) is 2. The summed E-state index contributed by atoms with van der Waals surface area (Å²) >= 11 is 0. The molecule has 2 unspecified atom stereocenters. The Bertz CT molecular complexity index is 979. The maximum Gasteiger partial charge on any atom is 0.317 e. The van der Waals surface area contributed by atoms with E-state index < -0.39 is 5.41 Å². The number of methoxy groups -OCH3 is 1. The first kappa shape index (κ1) is 22.0. The molecule has 4 rings (SSSR count). The smallest absolute Gasteiger partial charge is 0.317 e. The van der Waals surface area contributed by atoms with E-state index in [1.54, 1.807) is 12.0 Å². The van der Waals surface area contributed by atoms with Crippen molar-refractivity contribution in [3.63, 3.8) is 0 Å². The molecule has 2 aliphatic heterocycles. The van der Waals surface area contributed by atoms with Crippen LogP contribution in [0.2, 0.25) is 0 Å². The summed E-state index contributed by atoms with van der Waals surface area (Å²) in [7, 11) is 1.62. The molecule has 170 valence electrons. The third-order valence-electron chi connectivity index (χ3n) is 6.33. The van der Waals surface area contributed by atoms with Gasteiger partial charge in [-0.15, -0.1) is 0 Å². The molecule has 2 heterocycles. The van der Waals surface area contributed by atoms with Crippen LogP contribution in [0, 0.1) is 5.41 Å². The van der Waals surface area contributed by atoms with E-state index >= 15 is 0 Å². The van der Waals surface area contributed by atoms with Crippen LogP contribution >= 0.6 is 0 Å². The largest absolute Gasteiger partial charge is 0.497 e. The molecule has 1 saturated heterocycles. The molecule has 2 N–H and O–H groups in total. The van der Waals surface area contributed by atoms with E-state index in [2.05, 4.69) is 10.6 Å². The predicted octanol–water partition coefficient (Wildman–Crippen LogP) is 3.13. The van der Waals surface area contributed by atoms with Gasteiger partial charge in [-0.2, -0.15) is 0 Å². The van der Waals surface area contributed by atoms with Crippen molar-refractivity contribution in [2.24, 2.45) is 5.41 Å². The molecule has 1 fully saturated rings. The van der Waals surface area contributed by atoms with E-state index in [0.29, 0.717) is 26.2 Å². The Morgan fingerprint density at radius 2 is 2.06 bits per heavy atom. The number of nitrogens with one attached hydrogen (secondary N) is 2. The molecule has 2 aromatic rings. The van der Waals surface area contributed by atoms with Gasteiger partial charge >= 0.3 is 6.03 Å². The molecule has 0 aromatic heterocycles. The lowest BCUT2D eigenvalue weighted by molar-refractivity contribution is -0.132. The fourth-order valence-corrected chi connectivity index (χ4v) is 4.46. The number of hydrogen-bond acceptors (Lipinski definition) is 4. The minimum atomic E-state index is -0.621. The van der Waals surface area contributed by atoms with Crippen LogP contribution in [0.25, 0.3) is 0 Å². The fourth-order valence-electron chi connectivity index (χ4n) is 4.46. The zero-order valence-electron chi connectivity index (χ0n) is 18.7. The van der Waals surface area contributed by atoms with Crippen LogP contribution in [-0.2, 0) is 17.8 Å². The molecular weight excluding hydrogens is 406 g/mol. The molecular formula is C25H31N3O4. The molecule has 2 atom stereocenters. The number of hydrogen-bond donors (Lipinski definition) is 2. The minimum absolute atomic E-state index is 0.0345. The summed E-state index contributed by atoms with van der Waals surface area (Å²) in [6.45, 7) is 3.86. The van der Waals surface area contributed by atoms with Gasteiger partial charge < -0.3 is 25.0 Å². The number of nitrogens with zero attached hydrogens (tertiary/aromatic N) is 1. The Kier molecular flexibility index (Phi) is 6.53. The van der Waals surface area contributed by atoms with Gasteiger partial charge in [-0.25, -0.2) is 4.79 Å². The maximum atomic E-state index is 13.0. The number of urea groups is 1. The quantitative estimate of drug-likeness (QED) is 0.753. The molecule has 0 spiro atoms. The summed E-state index contributed by atoms with van der Waals surface area (Å²) in [4.78, 5) is 27.7. The summed E-state index contributed by atoms with van der Waals surface area (Å²) in [5.74, 6) is 1.61. The molecule has 0 radical (unpaired) electrons. The van der Waals surface area contributed by atoms with Crippen molar-refractivity contribution in [1.29, 1.82) is 0 Å². The Hall–Kier alpha value is -3.22. The number of fused-ring (bicyclic) bond motifs is 1. The van der Waals surface area contributed by atoms with E-state index in [4.69, 9.17) is 9.47 Å². The number of rotatable bonds is 5. The lowest BCUT2D eigenvalue weighted by Crippen LogP contribution is -2.56. The number of piperidine rings is 1. The van der Waals surface area contributed by atoms with Crippen molar-refractivity contribution < 1.29 is 19.1 Å². The highest BCUT2D eigenvalue weighted by molar-refractivity contribution is 5.84. The second-order valence-electron chi connectivity index (χ2n) is 8.89. The number of benzene rings is 2. The Morgan fingerprint density at radius 1 is 1.22 bits per heavy atom. The first-order valence-corrected chi connectivity index (χ1v) is 11.1. The van der Waals surface area contributed by atoms with Crippen LogP contribution < -0.4 is 20.1 Å². The van der Waals surface area contributed by atoms with Gasteiger partial charge in [0.25, 0.3) is 0 Å². The molecule has 32 heavy (non-hydrogen) atoms. The van der Waals surface area contributed by atoms with Crippen LogP contribution in [0.1, 0.15) is 30.9 Å². The molecule has 7 nitrogen and oxygen atoms in total. The van der Waals surface area contributed by atoms with Gasteiger partial charge in [-0.05, 0) is 55.5 Å². The molecule has 0 aliphatic carbocycles. The first-order valence-electron chi connectivity index (χ1n) is 11.1. The van der Waals surface area contributed by atoms with Crippen LogP contribution in [0.3, 0.4) is 0 Å². The highest BCUT2D eigenvalue weighted by Crippen LogP contribution is 2.30. The second-order valence-corrected chi connectivity index (χ2v) is 8.89. The summed E-state index contributed by atoms with van der Waals surface area (Å²) in [5, 5.41) is 6.13. The van der Waals surface area contributed by atoms with Gasteiger partial charge in [-0.3, -0.25) is 4.79 Å². The van der Waals surface area contributed by atoms with Crippen LogP contribution in [-0.4, -0.2) is 49.7 Å². The fraction of sp³-hybridized carbons (Fsp3) is 0.440. The summed E-state index contributed by atoms with van der Waals surface area (Å²) in [6, 6.07) is 15.3. The molecule has 2 aromatic carbocycles. The number of carbonyl (C=O) groups excluding carboxylic acids is 2. The van der Waals surface area contributed by atoms with Crippen molar-refractivity contribution in [3.8, 4) is 11.5 Å². The van der Waals surface area contributed by atoms with Gasteiger partial charge in [0, 0.05) is 19.6 Å². The van der Waals surface area contributed by atoms with Crippen molar-refractivity contribution in [1.82, 2.24) is 15.5 Å². The third kappa shape index (κ3) is 4.98. The van der Waals surface area contributed by atoms with Gasteiger partial charge in [-0.1, -0.05) is 30.3 Å². The number of amides is 3.